The first-order valence-corrected chi connectivity index (χ1v) is 5.84. The fourth-order valence-corrected chi connectivity index (χ4v) is 1.42. The summed E-state index contributed by atoms with van der Waals surface area (Å²) in [6.07, 6.45) is 1.89. The molecule has 1 aromatic rings. The fourth-order valence-electron chi connectivity index (χ4n) is 1.42. The van der Waals surface area contributed by atoms with E-state index in [9.17, 15) is 4.79 Å². The van der Waals surface area contributed by atoms with E-state index in [1.54, 1.807) is 7.05 Å². The van der Waals surface area contributed by atoms with E-state index in [1.165, 1.54) is 0 Å². The van der Waals surface area contributed by atoms with Crippen LogP contribution in [0.3, 0.4) is 0 Å². The molecule has 0 radical (unpaired) electrons. The minimum absolute atomic E-state index is 0. The zero-order valence-electron chi connectivity index (χ0n) is 10.6. The van der Waals surface area contributed by atoms with E-state index in [-0.39, 0.29) is 24.5 Å². The number of esters is 1. The second kappa shape index (κ2) is 9.88. The summed E-state index contributed by atoms with van der Waals surface area (Å²) >= 11 is 0. The number of benzene rings is 1. The van der Waals surface area contributed by atoms with Gasteiger partial charge in [0, 0.05) is 6.42 Å². The van der Waals surface area contributed by atoms with Crippen LogP contribution in [-0.4, -0.2) is 19.2 Å². The Bertz CT molecular complexity index is 333. The Balaban J connectivity index is 0.00000289. The van der Waals surface area contributed by atoms with Crippen LogP contribution in [0.2, 0.25) is 0 Å². The van der Waals surface area contributed by atoms with Crippen LogP contribution in [0.4, 0.5) is 0 Å². The molecule has 102 valence electrons. The van der Waals surface area contributed by atoms with Gasteiger partial charge in [0.25, 0.3) is 0 Å². The number of rotatable bonds is 7. The summed E-state index contributed by atoms with van der Waals surface area (Å²) in [5.74, 6) is -0.169. The summed E-state index contributed by atoms with van der Waals surface area (Å²) in [5.41, 5.74) is 6.67. The molecule has 0 aliphatic heterocycles. The van der Waals surface area contributed by atoms with Gasteiger partial charge in [-0.25, -0.2) is 0 Å². The molecular weight excluding hydrogens is 252 g/mol. The summed E-state index contributed by atoms with van der Waals surface area (Å²) in [6.45, 7) is 0.345. The minimum Gasteiger partial charge on any atom is -0.461 e. The van der Waals surface area contributed by atoms with Gasteiger partial charge in [-0.2, -0.15) is 0 Å². The molecule has 1 rings (SSSR count). The summed E-state index contributed by atoms with van der Waals surface area (Å²) in [4.78, 5) is 11.4. The average molecular weight is 273 g/mol. The van der Waals surface area contributed by atoms with Crippen LogP contribution in [-0.2, 0) is 16.1 Å². The van der Waals surface area contributed by atoms with E-state index < -0.39 is 0 Å². The van der Waals surface area contributed by atoms with Crippen molar-refractivity contribution < 1.29 is 9.53 Å². The number of nitrogens with one attached hydrogen (secondary N) is 1. The van der Waals surface area contributed by atoms with Crippen LogP contribution in [0.1, 0.15) is 24.8 Å². The van der Waals surface area contributed by atoms with Crippen LogP contribution in [0.5, 0.6) is 0 Å². The Labute approximate surface area is 114 Å². The van der Waals surface area contributed by atoms with Crippen molar-refractivity contribution in [3.8, 4) is 0 Å². The van der Waals surface area contributed by atoms with Crippen molar-refractivity contribution in [3.05, 3.63) is 35.9 Å². The summed E-state index contributed by atoms with van der Waals surface area (Å²) in [7, 11) is 1.80. The first-order chi connectivity index (χ1) is 8.22. The van der Waals surface area contributed by atoms with Gasteiger partial charge in [0.15, 0.2) is 0 Å². The van der Waals surface area contributed by atoms with Gasteiger partial charge >= 0.3 is 5.97 Å². The number of hydrogen-bond donors (Lipinski definition) is 2. The molecular formula is C13H21ClN2O2. The highest BCUT2D eigenvalue weighted by Crippen LogP contribution is 2.04. The lowest BCUT2D eigenvalue weighted by molar-refractivity contribution is -0.145. The van der Waals surface area contributed by atoms with Gasteiger partial charge in [0.2, 0.25) is 0 Å². The van der Waals surface area contributed by atoms with Gasteiger partial charge in [0.1, 0.15) is 6.61 Å². The molecule has 0 fully saturated rings. The quantitative estimate of drug-likeness (QED) is 0.587. The van der Waals surface area contributed by atoms with Gasteiger partial charge in [0.05, 0.1) is 6.17 Å². The third-order valence-corrected chi connectivity index (χ3v) is 2.51. The van der Waals surface area contributed by atoms with Crippen molar-refractivity contribution in [2.24, 2.45) is 5.73 Å². The standard InChI is InChI=1S/C13H20N2O2.ClH/c1-15-12(14)8-5-9-13(16)17-10-11-6-3-2-4-7-11;/h2-4,6-7,12,15H,5,8-10,14H2,1H3;1H. The molecule has 3 N–H and O–H groups in total. The number of halogens is 1. The van der Waals surface area contributed by atoms with Crippen molar-refractivity contribution >= 4 is 18.4 Å². The van der Waals surface area contributed by atoms with Gasteiger partial charge in [-0.3, -0.25) is 4.79 Å². The SMILES string of the molecule is CNC(N)CCCC(=O)OCc1ccccc1.Cl. The van der Waals surface area contributed by atoms with Gasteiger partial charge in [-0.1, -0.05) is 30.3 Å². The zero-order valence-corrected chi connectivity index (χ0v) is 11.4. The molecule has 18 heavy (non-hydrogen) atoms. The molecule has 1 atom stereocenters. The van der Waals surface area contributed by atoms with Gasteiger partial charge in [-0.15, -0.1) is 12.4 Å². The van der Waals surface area contributed by atoms with E-state index in [0.29, 0.717) is 13.0 Å². The van der Waals surface area contributed by atoms with Crippen LogP contribution >= 0.6 is 12.4 Å². The molecule has 0 aliphatic carbocycles. The topological polar surface area (TPSA) is 64.3 Å². The predicted molar refractivity (Wildman–Crippen MR) is 74.4 cm³/mol. The lowest BCUT2D eigenvalue weighted by Crippen LogP contribution is -2.34. The van der Waals surface area contributed by atoms with Crippen LogP contribution in [0.25, 0.3) is 0 Å². The van der Waals surface area contributed by atoms with Crippen molar-refractivity contribution in [2.75, 3.05) is 7.05 Å². The summed E-state index contributed by atoms with van der Waals surface area (Å²) < 4.78 is 5.14. The Kier molecular flexibility index (Phi) is 9.28. The summed E-state index contributed by atoms with van der Waals surface area (Å²) in [5, 5.41) is 2.92. The van der Waals surface area contributed by atoms with Crippen molar-refractivity contribution in [2.45, 2.75) is 32.0 Å². The molecule has 4 nitrogen and oxygen atoms in total. The van der Waals surface area contributed by atoms with Crippen molar-refractivity contribution in [3.63, 3.8) is 0 Å². The Morgan fingerprint density at radius 1 is 1.39 bits per heavy atom. The highest BCUT2D eigenvalue weighted by atomic mass is 35.5. The molecule has 5 heteroatoms. The second-order valence-corrected chi connectivity index (χ2v) is 3.93. The molecule has 0 spiro atoms. The highest BCUT2D eigenvalue weighted by Gasteiger charge is 2.05. The average Bonchev–Trinajstić information content (AvgIpc) is 2.37. The van der Waals surface area contributed by atoms with E-state index in [0.717, 1.165) is 18.4 Å². The second-order valence-electron chi connectivity index (χ2n) is 3.93. The maximum atomic E-state index is 11.4. The highest BCUT2D eigenvalue weighted by molar-refractivity contribution is 5.85. The lowest BCUT2D eigenvalue weighted by atomic mass is 10.2. The minimum atomic E-state index is -0.169. The van der Waals surface area contributed by atoms with E-state index >= 15 is 0 Å². The predicted octanol–water partition coefficient (Wildman–Crippen LogP) is 1.83. The maximum Gasteiger partial charge on any atom is 0.306 e. The van der Waals surface area contributed by atoms with Crippen molar-refractivity contribution in [1.29, 1.82) is 0 Å². The first kappa shape index (κ1) is 16.9. The van der Waals surface area contributed by atoms with Crippen molar-refractivity contribution in [1.82, 2.24) is 5.32 Å². The molecule has 1 unspecified atom stereocenters. The largest absolute Gasteiger partial charge is 0.461 e. The molecule has 1 aromatic carbocycles. The number of carbonyl (C=O) groups is 1. The van der Waals surface area contributed by atoms with E-state index in [1.807, 2.05) is 30.3 Å². The van der Waals surface area contributed by atoms with E-state index in [2.05, 4.69) is 5.32 Å². The molecule has 0 saturated carbocycles. The number of ether oxygens (including phenoxy) is 1. The number of carbonyl (C=O) groups excluding carboxylic acids is 1. The lowest BCUT2D eigenvalue weighted by Gasteiger charge is -2.09. The van der Waals surface area contributed by atoms with Crippen LogP contribution < -0.4 is 11.1 Å². The maximum absolute atomic E-state index is 11.4. The number of hydrogen-bond acceptors (Lipinski definition) is 4. The monoisotopic (exact) mass is 272 g/mol. The van der Waals surface area contributed by atoms with Gasteiger partial charge in [-0.05, 0) is 25.5 Å². The normalized spacial score (nSPS) is 11.4. The zero-order chi connectivity index (χ0) is 12.5. The van der Waals surface area contributed by atoms with E-state index in [4.69, 9.17) is 10.5 Å². The Hall–Kier alpha value is -1.10. The molecule has 0 saturated heterocycles. The molecule has 0 amide bonds. The third kappa shape index (κ3) is 7.27. The summed E-state index contributed by atoms with van der Waals surface area (Å²) in [6, 6.07) is 9.66. The van der Waals surface area contributed by atoms with Gasteiger partial charge < -0.3 is 15.8 Å². The molecule has 0 aromatic heterocycles. The molecule has 0 bridgehead atoms. The number of nitrogens with two attached hydrogens (primary N) is 1. The molecule has 0 aliphatic rings. The first-order valence-electron chi connectivity index (χ1n) is 5.84. The fraction of sp³-hybridized carbons (Fsp3) is 0.462. The smallest absolute Gasteiger partial charge is 0.306 e. The van der Waals surface area contributed by atoms with Crippen LogP contribution in [0, 0.1) is 0 Å². The third-order valence-electron chi connectivity index (χ3n) is 2.51. The van der Waals surface area contributed by atoms with Crippen LogP contribution in [0.15, 0.2) is 30.3 Å². The molecule has 0 heterocycles. The Morgan fingerprint density at radius 2 is 2.06 bits per heavy atom. The Morgan fingerprint density at radius 3 is 2.67 bits per heavy atom.